The fraction of sp³-hybridized carbons (Fsp3) is 0.143. The highest BCUT2D eigenvalue weighted by Crippen LogP contribution is 2.24. The van der Waals surface area contributed by atoms with Crippen molar-refractivity contribution in [1.82, 2.24) is 20.6 Å². The summed E-state index contributed by atoms with van der Waals surface area (Å²) in [4.78, 5) is 16.8. The van der Waals surface area contributed by atoms with E-state index in [1.54, 1.807) is 6.07 Å². The maximum absolute atomic E-state index is 12.5. The molecule has 0 aliphatic carbocycles. The minimum atomic E-state index is -0.342. The molecule has 180 valence electrons. The fourth-order valence-corrected chi connectivity index (χ4v) is 3.60. The van der Waals surface area contributed by atoms with E-state index in [9.17, 15) is 4.79 Å². The molecule has 5 rings (SSSR count). The summed E-state index contributed by atoms with van der Waals surface area (Å²) in [6, 6.07) is 26.8. The standard InChI is InChI=1S/C28H24N4O4/c1-19-7-5-6-10-22(19)18-34-23-13-11-20(12-14-23)25-17-24(31-35-25)28(33)29-16-15-26-30-27(32-36-26)21-8-3-2-4-9-21/h2-14,17H,15-16,18H2,1H3,(H,29,33). The molecule has 0 atom stereocenters. The lowest BCUT2D eigenvalue weighted by atomic mass is 10.1. The molecule has 2 heterocycles. The molecule has 0 radical (unpaired) electrons. The van der Waals surface area contributed by atoms with Crippen molar-refractivity contribution < 1.29 is 18.6 Å². The van der Waals surface area contributed by atoms with Crippen molar-refractivity contribution in [3.63, 3.8) is 0 Å². The SMILES string of the molecule is Cc1ccccc1COc1ccc(-c2cc(C(=O)NCCc3nc(-c4ccccc4)no3)no2)cc1. The van der Waals surface area contributed by atoms with Gasteiger partial charge in [0, 0.05) is 30.2 Å². The van der Waals surface area contributed by atoms with E-state index < -0.39 is 0 Å². The summed E-state index contributed by atoms with van der Waals surface area (Å²) in [5.41, 5.74) is 4.20. The first-order valence-electron chi connectivity index (χ1n) is 11.6. The first-order valence-corrected chi connectivity index (χ1v) is 11.6. The molecule has 8 nitrogen and oxygen atoms in total. The molecule has 3 aromatic carbocycles. The van der Waals surface area contributed by atoms with Gasteiger partial charge in [0.25, 0.3) is 5.91 Å². The molecule has 1 amide bonds. The Hall–Kier alpha value is -4.72. The number of ether oxygens (including phenoxy) is 1. The van der Waals surface area contributed by atoms with Crippen LogP contribution in [-0.4, -0.2) is 27.7 Å². The summed E-state index contributed by atoms with van der Waals surface area (Å²) < 4.78 is 16.5. The third-order valence-electron chi connectivity index (χ3n) is 5.66. The van der Waals surface area contributed by atoms with Crippen LogP contribution in [0.5, 0.6) is 5.75 Å². The van der Waals surface area contributed by atoms with Crippen molar-refractivity contribution in [3.8, 4) is 28.5 Å². The molecule has 0 fully saturated rings. The van der Waals surface area contributed by atoms with E-state index in [0.29, 0.717) is 37.0 Å². The molecule has 0 spiro atoms. The molecule has 0 saturated carbocycles. The number of nitrogens with one attached hydrogen (secondary N) is 1. The Balaban J connectivity index is 1.13. The number of amides is 1. The summed E-state index contributed by atoms with van der Waals surface area (Å²) in [6.45, 7) is 2.88. The molecule has 0 aliphatic rings. The first kappa shape index (κ1) is 23.0. The van der Waals surface area contributed by atoms with E-state index >= 15 is 0 Å². The Kier molecular flexibility index (Phi) is 6.84. The van der Waals surface area contributed by atoms with Crippen molar-refractivity contribution in [2.75, 3.05) is 6.54 Å². The second kappa shape index (κ2) is 10.7. The lowest BCUT2D eigenvalue weighted by Gasteiger charge is -2.08. The second-order valence-corrected chi connectivity index (χ2v) is 8.20. The Labute approximate surface area is 207 Å². The largest absolute Gasteiger partial charge is 0.489 e. The van der Waals surface area contributed by atoms with Gasteiger partial charge in [-0.3, -0.25) is 4.79 Å². The van der Waals surface area contributed by atoms with E-state index in [-0.39, 0.29) is 11.6 Å². The zero-order valence-corrected chi connectivity index (χ0v) is 19.7. The predicted molar refractivity (Wildman–Crippen MR) is 133 cm³/mol. The van der Waals surface area contributed by atoms with Crippen LogP contribution >= 0.6 is 0 Å². The van der Waals surface area contributed by atoms with Gasteiger partial charge in [0.15, 0.2) is 11.5 Å². The topological polar surface area (TPSA) is 103 Å². The normalized spacial score (nSPS) is 10.8. The van der Waals surface area contributed by atoms with Crippen LogP contribution in [0.1, 0.15) is 27.5 Å². The Bertz CT molecular complexity index is 1440. The van der Waals surface area contributed by atoms with Crippen LogP contribution in [0.15, 0.2) is 94.0 Å². The van der Waals surface area contributed by atoms with Gasteiger partial charge in [0.1, 0.15) is 12.4 Å². The van der Waals surface area contributed by atoms with Crippen LogP contribution < -0.4 is 10.1 Å². The van der Waals surface area contributed by atoms with Crippen molar-refractivity contribution in [1.29, 1.82) is 0 Å². The van der Waals surface area contributed by atoms with Crippen LogP contribution in [0.3, 0.4) is 0 Å². The van der Waals surface area contributed by atoms with Crippen LogP contribution in [0.2, 0.25) is 0 Å². The minimum Gasteiger partial charge on any atom is -0.489 e. The lowest BCUT2D eigenvalue weighted by Crippen LogP contribution is -2.26. The third kappa shape index (κ3) is 5.50. The number of aryl methyl sites for hydroxylation is 1. The molecule has 5 aromatic rings. The van der Waals surface area contributed by atoms with Crippen molar-refractivity contribution in [2.45, 2.75) is 20.0 Å². The molecule has 36 heavy (non-hydrogen) atoms. The van der Waals surface area contributed by atoms with E-state index in [4.69, 9.17) is 13.8 Å². The maximum Gasteiger partial charge on any atom is 0.273 e. The number of carbonyl (C=O) groups is 1. The minimum absolute atomic E-state index is 0.195. The molecule has 0 bridgehead atoms. The van der Waals surface area contributed by atoms with Gasteiger partial charge >= 0.3 is 0 Å². The van der Waals surface area contributed by atoms with Crippen molar-refractivity contribution >= 4 is 5.91 Å². The van der Waals surface area contributed by atoms with Crippen LogP contribution in [0, 0.1) is 6.92 Å². The number of benzene rings is 3. The van der Waals surface area contributed by atoms with Gasteiger partial charge in [0.2, 0.25) is 11.7 Å². The molecule has 0 unspecified atom stereocenters. The molecular formula is C28H24N4O4. The van der Waals surface area contributed by atoms with Gasteiger partial charge in [-0.15, -0.1) is 0 Å². The second-order valence-electron chi connectivity index (χ2n) is 8.20. The average molecular weight is 481 g/mol. The predicted octanol–water partition coefficient (Wildman–Crippen LogP) is 5.25. The molecule has 1 N–H and O–H groups in total. The third-order valence-corrected chi connectivity index (χ3v) is 5.66. The van der Waals surface area contributed by atoms with E-state index in [0.717, 1.165) is 22.4 Å². The molecule has 0 saturated heterocycles. The summed E-state index contributed by atoms with van der Waals surface area (Å²) in [7, 11) is 0. The smallest absolute Gasteiger partial charge is 0.273 e. The first-order chi connectivity index (χ1) is 17.7. The van der Waals surface area contributed by atoms with E-state index in [1.165, 1.54) is 5.56 Å². The average Bonchev–Trinajstić information content (AvgIpc) is 3.60. The van der Waals surface area contributed by atoms with Crippen molar-refractivity contribution in [2.24, 2.45) is 0 Å². The molecule has 0 aliphatic heterocycles. The summed E-state index contributed by atoms with van der Waals surface area (Å²) >= 11 is 0. The lowest BCUT2D eigenvalue weighted by molar-refractivity contribution is 0.0944. The quantitative estimate of drug-likeness (QED) is 0.307. The van der Waals surface area contributed by atoms with Crippen LogP contribution in [0.25, 0.3) is 22.7 Å². The van der Waals surface area contributed by atoms with Gasteiger partial charge in [-0.2, -0.15) is 4.98 Å². The summed E-state index contributed by atoms with van der Waals surface area (Å²) in [5.74, 6) is 1.86. The maximum atomic E-state index is 12.5. The summed E-state index contributed by atoms with van der Waals surface area (Å²) in [6.07, 6.45) is 0.403. The highest BCUT2D eigenvalue weighted by Gasteiger charge is 2.15. The number of nitrogens with zero attached hydrogens (tertiary/aromatic N) is 3. The fourth-order valence-electron chi connectivity index (χ4n) is 3.60. The monoisotopic (exact) mass is 480 g/mol. The molecule has 2 aromatic heterocycles. The Morgan fingerprint density at radius 3 is 2.47 bits per heavy atom. The number of hydrogen-bond acceptors (Lipinski definition) is 7. The van der Waals surface area contributed by atoms with Crippen molar-refractivity contribution in [3.05, 3.63) is 108 Å². The number of aromatic nitrogens is 3. The van der Waals surface area contributed by atoms with Gasteiger partial charge in [-0.25, -0.2) is 0 Å². The van der Waals surface area contributed by atoms with Gasteiger partial charge < -0.3 is 19.1 Å². The number of carbonyl (C=O) groups excluding carboxylic acids is 1. The Morgan fingerprint density at radius 1 is 0.889 bits per heavy atom. The number of rotatable bonds is 9. The summed E-state index contributed by atoms with van der Waals surface area (Å²) in [5, 5.41) is 10.7. The van der Waals surface area contributed by atoms with Gasteiger partial charge in [-0.1, -0.05) is 64.9 Å². The molecular weight excluding hydrogens is 456 g/mol. The van der Waals surface area contributed by atoms with Gasteiger partial charge in [0.05, 0.1) is 0 Å². The van der Waals surface area contributed by atoms with Crippen LogP contribution in [-0.2, 0) is 13.0 Å². The van der Waals surface area contributed by atoms with Gasteiger partial charge in [-0.05, 0) is 42.3 Å². The van der Waals surface area contributed by atoms with E-state index in [2.05, 4.69) is 39.7 Å². The van der Waals surface area contributed by atoms with Crippen LogP contribution in [0.4, 0.5) is 0 Å². The highest BCUT2D eigenvalue weighted by molar-refractivity contribution is 5.93. The Morgan fingerprint density at radius 2 is 1.67 bits per heavy atom. The molecule has 8 heteroatoms. The highest BCUT2D eigenvalue weighted by atomic mass is 16.5. The van der Waals surface area contributed by atoms with E-state index in [1.807, 2.05) is 66.7 Å². The zero-order valence-electron chi connectivity index (χ0n) is 19.7. The zero-order chi connectivity index (χ0) is 24.7. The number of hydrogen-bond donors (Lipinski definition) is 1.